The van der Waals surface area contributed by atoms with Gasteiger partial charge in [-0.2, -0.15) is 4.31 Å². The fourth-order valence-electron chi connectivity index (χ4n) is 3.21. The van der Waals surface area contributed by atoms with Crippen LogP contribution >= 0.6 is 23.1 Å². The molecule has 4 heterocycles. The molecule has 0 bridgehead atoms. The molecule has 4 rings (SSSR count). The third-order valence-corrected chi connectivity index (χ3v) is 8.96. The molecule has 154 valence electrons. The van der Waals surface area contributed by atoms with Crippen LogP contribution in [0.2, 0.25) is 0 Å². The maximum absolute atomic E-state index is 12.6. The van der Waals surface area contributed by atoms with Crippen molar-refractivity contribution >= 4 is 33.1 Å². The minimum absolute atomic E-state index is 0.239. The molecular weight excluding hydrogens is 428 g/mol. The zero-order valence-electron chi connectivity index (χ0n) is 16.3. The Morgan fingerprint density at radius 2 is 2.03 bits per heavy atom. The van der Waals surface area contributed by atoms with Crippen LogP contribution in [0.5, 0.6) is 0 Å². The van der Waals surface area contributed by atoms with Gasteiger partial charge in [-0.3, -0.25) is 0 Å². The van der Waals surface area contributed by atoms with Gasteiger partial charge in [0.25, 0.3) is 5.89 Å². The Morgan fingerprint density at radius 1 is 1.24 bits per heavy atom. The smallest absolute Gasteiger partial charge is 0.257 e. The molecule has 10 heteroatoms. The first-order chi connectivity index (χ1) is 14.0. The summed E-state index contributed by atoms with van der Waals surface area (Å²) in [5, 5.41) is 8.99. The van der Waals surface area contributed by atoms with E-state index < -0.39 is 10.0 Å². The third-order valence-electron chi connectivity index (χ3n) is 4.77. The largest absolute Gasteiger partial charge is 0.419 e. The average molecular weight is 451 g/mol. The molecule has 0 atom stereocenters. The van der Waals surface area contributed by atoms with Crippen molar-refractivity contribution in [3.8, 4) is 10.8 Å². The highest BCUT2D eigenvalue weighted by Gasteiger charge is 2.27. The van der Waals surface area contributed by atoms with E-state index in [1.54, 1.807) is 23.5 Å². The molecule has 1 fully saturated rings. The molecule has 3 aromatic rings. The van der Waals surface area contributed by atoms with Crippen molar-refractivity contribution in [1.29, 1.82) is 0 Å². The molecular formula is C19H22N4O3S3. The first kappa shape index (κ1) is 20.5. The minimum Gasteiger partial charge on any atom is -0.419 e. The van der Waals surface area contributed by atoms with Gasteiger partial charge in [0.2, 0.25) is 15.9 Å². The SMILES string of the molecule is CCc1sc(-c2nnc(CSc3ccc(S(=O)(=O)N4CCCC4)cn3)o2)cc1C. The van der Waals surface area contributed by atoms with Gasteiger partial charge in [0, 0.05) is 24.2 Å². The average Bonchev–Trinajstić information content (AvgIpc) is 3.47. The summed E-state index contributed by atoms with van der Waals surface area (Å²) in [6.45, 7) is 5.39. The summed E-state index contributed by atoms with van der Waals surface area (Å²) >= 11 is 3.11. The van der Waals surface area contributed by atoms with Gasteiger partial charge in [-0.15, -0.1) is 21.5 Å². The number of thioether (sulfide) groups is 1. The molecule has 0 amide bonds. The second-order valence-corrected chi connectivity index (χ2v) is 10.9. The molecule has 0 aromatic carbocycles. The highest BCUT2D eigenvalue weighted by molar-refractivity contribution is 7.98. The number of rotatable bonds is 7. The quantitative estimate of drug-likeness (QED) is 0.500. The molecule has 0 radical (unpaired) electrons. The van der Waals surface area contributed by atoms with Crippen LogP contribution in [0, 0.1) is 6.92 Å². The van der Waals surface area contributed by atoms with Gasteiger partial charge in [-0.25, -0.2) is 13.4 Å². The molecule has 7 nitrogen and oxygen atoms in total. The molecule has 3 aromatic heterocycles. The summed E-state index contributed by atoms with van der Waals surface area (Å²) < 4.78 is 32.4. The second-order valence-electron chi connectivity index (χ2n) is 6.80. The van der Waals surface area contributed by atoms with Gasteiger partial charge >= 0.3 is 0 Å². The van der Waals surface area contributed by atoms with E-state index >= 15 is 0 Å². The van der Waals surface area contributed by atoms with Crippen LogP contribution in [-0.4, -0.2) is 41.0 Å². The van der Waals surface area contributed by atoms with Crippen molar-refractivity contribution in [2.75, 3.05) is 13.1 Å². The molecule has 0 aliphatic carbocycles. The lowest BCUT2D eigenvalue weighted by atomic mass is 10.2. The van der Waals surface area contributed by atoms with Crippen LogP contribution in [-0.2, 0) is 22.2 Å². The topological polar surface area (TPSA) is 89.2 Å². The Bertz CT molecular complexity index is 1080. The molecule has 1 saturated heterocycles. The van der Waals surface area contributed by atoms with E-state index in [2.05, 4.69) is 35.1 Å². The number of hydrogen-bond acceptors (Lipinski definition) is 8. The monoisotopic (exact) mass is 450 g/mol. The van der Waals surface area contributed by atoms with E-state index in [0.717, 1.165) is 24.1 Å². The van der Waals surface area contributed by atoms with Crippen molar-refractivity contribution in [3.63, 3.8) is 0 Å². The number of thiophene rings is 1. The number of nitrogens with zero attached hydrogens (tertiary/aromatic N) is 4. The van der Waals surface area contributed by atoms with E-state index in [-0.39, 0.29) is 4.90 Å². The van der Waals surface area contributed by atoms with E-state index in [1.165, 1.54) is 32.7 Å². The van der Waals surface area contributed by atoms with Crippen molar-refractivity contribution in [3.05, 3.63) is 40.7 Å². The standard InChI is InChI=1S/C19H22N4O3S3/c1-3-15-13(2)10-16(28-15)19-22-21-17(26-19)12-27-18-7-6-14(11-20-18)29(24,25)23-8-4-5-9-23/h6-7,10-11H,3-5,8-9,12H2,1-2H3. The van der Waals surface area contributed by atoms with Crippen LogP contribution < -0.4 is 0 Å². The van der Waals surface area contributed by atoms with E-state index in [1.807, 2.05) is 0 Å². The van der Waals surface area contributed by atoms with Crippen molar-refractivity contribution in [2.24, 2.45) is 0 Å². The number of aryl methyl sites for hydroxylation is 2. The maximum atomic E-state index is 12.6. The lowest BCUT2D eigenvalue weighted by molar-refractivity contribution is 0.477. The fraction of sp³-hybridized carbons (Fsp3) is 0.421. The van der Waals surface area contributed by atoms with E-state index in [4.69, 9.17) is 4.42 Å². The molecule has 0 spiro atoms. The molecule has 0 unspecified atom stereocenters. The predicted molar refractivity (Wildman–Crippen MR) is 114 cm³/mol. The molecule has 1 aliphatic heterocycles. The minimum atomic E-state index is -3.43. The van der Waals surface area contributed by atoms with Crippen molar-refractivity contribution in [1.82, 2.24) is 19.5 Å². The molecule has 1 aliphatic rings. The molecule has 0 saturated carbocycles. The number of sulfonamides is 1. The Balaban J connectivity index is 1.40. The second kappa shape index (κ2) is 8.55. The van der Waals surface area contributed by atoms with Gasteiger partial charge in [0.15, 0.2) is 0 Å². The zero-order valence-corrected chi connectivity index (χ0v) is 18.7. The summed E-state index contributed by atoms with van der Waals surface area (Å²) in [5.41, 5.74) is 1.25. The van der Waals surface area contributed by atoms with Crippen LogP contribution in [0.15, 0.2) is 38.7 Å². The lowest BCUT2D eigenvalue weighted by Gasteiger charge is -2.15. The molecule has 29 heavy (non-hydrogen) atoms. The van der Waals surface area contributed by atoms with E-state index in [0.29, 0.717) is 35.6 Å². The Labute approximate surface area is 178 Å². The van der Waals surface area contributed by atoms with E-state index in [9.17, 15) is 8.42 Å². The van der Waals surface area contributed by atoms with Crippen LogP contribution in [0.1, 0.15) is 36.1 Å². The lowest BCUT2D eigenvalue weighted by Crippen LogP contribution is -2.27. The van der Waals surface area contributed by atoms with Crippen LogP contribution in [0.4, 0.5) is 0 Å². The highest BCUT2D eigenvalue weighted by Crippen LogP contribution is 2.31. The normalized spacial score (nSPS) is 15.2. The summed E-state index contributed by atoms with van der Waals surface area (Å²) in [5.74, 6) is 1.53. The molecule has 0 N–H and O–H groups in total. The summed E-state index contributed by atoms with van der Waals surface area (Å²) in [4.78, 5) is 6.84. The van der Waals surface area contributed by atoms with Gasteiger partial charge in [-0.05, 0) is 49.9 Å². The van der Waals surface area contributed by atoms with Crippen LogP contribution in [0.25, 0.3) is 10.8 Å². The number of aromatic nitrogens is 3. The first-order valence-electron chi connectivity index (χ1n) is 9.48. The zero-order chi connectivity index (χ0) is 20.4. The Kier molecular flexibility index (Phi) is 6.05. The maximum Gasteiger partial charge on any atom is 0.257 e. The van der Waals surface area contributed by atoms with Gasteiger partial charge in [0.05, 0.1) is 15.7 Å². The third kappa shape index (κ3) is 4.40. The highest BCUT2D eigenvalue weighted by atomic mass is 32.2. The van der Waals surface area contributed by atoms with Crippen molar-refractivity contribution < 1.29 is 12.8 Å². The van der Waals surface area contributed by atoms with Crippen molar-refractivity contribution in [2.45, 2.75) is 48.8 Å². The van der Waals surface area contributed by atoms with Gasteiger partial charge < -0.3 is 4.42 Å². The fourth-order valence-corrected chi connectivity index (χ4v) is 6.38. The number of hydrogen-bond donors (Lipinski definition) is 0. The van der Waals surface area contributed by atoms with Gasteiger partial charge in [0.1, 0.15) is 4.90 Å². The first-order valence-corrected chi connectivity index (χ1v) is 12.7. The predicted octanol–water partition coefficient (Wildman–Crippen LogP) is 4.14. The summed E-state index contributed by atoms with van der Waals surface area (Å²) in [7, 11) is -3.43. The summed E-state index contributed by atoms with van der Waals surface area (Å²) in [6.07, 6.45) is 4.24. The Morgan fingerprint density at radius 3 is 2.69 bits per heavy atom. The number of pyridine rings is 1. The van der Waals surface area contributed by atoms with Crippen LogP contribution in [0.3, 0.4) is 0 Å². The summed E-state index contributed by atoms with van der Waals surface area (Å²) in [6, 6.07) is 5.42. The Hall–Kier alpha value is -1.75. The van der Waals surface area contributed by atoms with Gasteiger partial charge in [-0.1, -0.05) is 18.7 Å².